The molecule has 0 spiro atoms. The summed E-state index contributed by atoms with van der Waals surface area (Å²) in [5.41, 5.74) is 2.53. The summed E-state index contributed by atoms with van der Waals surface area (Å²) in [6.45, 7) is 3.30. The van der Waals surface area contributed by atoms with Gasteiger partial charge >= 0.3 is 0 Å². The van der Waals surface area contributed by atoms with Crippen LogP contribution in [0, 0.1) is 6.92 Å². The van der Waals surface area contributed by atoms with Crippen molar-refractivity contribution in [1.29, 1.82) is 0 Å². The van der Waals surface area contributed by atoms with Gasteiger partial charge in [-0.15, -0.1) is 15.3 Å². The Labute approximate surface area is 122 Å². The third-order valence-electron chi connectivity index (χ3n) is 3.02. The second kappa shape index (κ2) is 5.84. The summed E-state index contributed by atoms with van der Waals surface area (Å²) in [6.07, 6.45) is 1.80. The lowest BCUT2D eigenvalue weighted by molar-refractivity contribution is 0.210. The summed E-state index contributed by atoms with van der Waals surface area (Å²) in [4.78, 5) is 4.37. The van der Waals surface area contributed by atoms with E-state index in [4.69, 9.17) is 4.74 Å². The summed E-state index contributed by atoms with van der Waals surface area (Å²) in [5.74, 6) is 1.37. The number of aromatic nitrogens is 5. The van der Waals surface area contributed by atoms with E-state index < -0.39 is 0 Å². The normalized spacial score (nSPS) is 11.0. The molecule has 0 atom stereocenters. The fraction of sp³-hybridized carbons (Fsp3) is 0.286. The molecule has 0 aromatic carbocycles. The van der Waals surface area contributed by atoms with Crippen LogP contribution in [0.5, 0.6) is 0 Å². The highest BCUT2D eigenvalue weighted by Gasteiger charge is 2.10. The van der Waals surface area contributed by atoms with Gasteiger partial charge in [-0.25, -0.2) is 0 Å². The van der Waals surface area contributed by atoms with Crippen molar-refractivity contribution in [3.05, 3.63) is 36.0 Å². The van der Waals surface area contributed by atoms with Gasteiger partial charge in [0, 0.05) is 19.9 Å². The SMILES string of the molecule is COCCNc1ccc2nnc(-c3ccc(C)cn3)n2n1. The maximum absolute atomic E-state index is 5.01. The lowest BCUT2D eigenvalue weighted by Crippen LogP contribution is -2.10. The molecule has 0 bridgehead atoms. The van der Waals surface area contributed by atoms with Crippen molar-refractivity contribution in [3.8, 4) is 11.5 Å². The van der Waals surface area contributed by atoms with Crippen molar-refractivity contribution >= 4 is 11.5 Å². The van der Waals surface area contributed by atoms with E-state index >= 15 is 0 Å². The summed E-state index contributed by atoms with van der Waals surface area (Å²) in [7, 11) is 1.67. The van der Waals surface area contributed by atoms with E-state index in [-0.39, 0.29) is 0 Å². The molecule has 0 fully saturated rings. The first-order valence-electron chi connectivity index (χ1n) is 6.66. The zero-order valence-corrected chi connectivity index (χ0v) is 11.9. The first-order chi connectivity index (χ1) is 10.3. The number of nitrogens with zero attached hydrogens (tertiary/aromatic N) is 5. The van der Waals surface area contributed by atoms with Crippen molar-refractivity contribution < 1.29 is 4.74 Å². The quantitative estimate of drug-likeness (QED) is 0.716. The largest absolute Gasteiger partial charge is 0.383 e. The summed E-state index contributed by atoms with van der Waals surface area (Å²) in [5, 5.41) is 16.0. The number of ether oxygens (including phenoxy) is 1. The van der Waals surface area contributed by atoms with E-state index in [2.05, 4.69) is 25.6 Å². The highest BCUT2D eigenvalue weighted by molar-refractivity contribution is 5.55. The lowest BCUT2D eigenvalue weighted by atomic mass is 10.3. The van der Waals surface area contributed by atoms with E-state index in [0.717, 1.165) is 17.1 Å². The van der Waals surface area contributed by atoms with E-state index in [0.29, 0.717) is 24.6 Å². The van der Waals surface area contributed by atoms with Gasteiger partial charge in [-0.2, -0.15) is 4.52 Å². The maximum Gasteiger partial charge on any atom is 0.203 e. The Bertz CT molecular complexity index is 737. The van der Waals surface area contributed by atoms with Crippen molar-refractivity contribution in [1.82, 2.24) is 24.8 Å². The molecule has 0 radical (unpaired) electrons. The molecule has 0 aliphatic heterocycles. The number of aryl methyl sites for hydroxylation is 1. The van der Waals surface area contributed by atoms with Crippen LogP contribution in [0.25, 0.3) is 17.2 Å². The van der Waals surface area contributed by atoms with Crippen molar-refractivity contribution in [2.45, 2.75) is 6.92 Å². The van der Waals surface area contributed by atoms with Gasteiger partial charge in [0.1, 0.15) is 11.5 Å². The predicted octanol–water partition coefficient (Wildman–Crippen LogP) is 1.55. The van der Waals surface area contributed by atoms with Gasteiger partial charge in [-0.1, -0.05) is 6.07 Å². The molecular weight excluding hydrogens is 268 g/mol. The molecule has 3 aromatic rings. The smallest absolute Gasteiger partial charge is 0.203 e. The Balaban J connectivity index is 1.95. The van der Waals surface area contributed by atoms with E-state index in [1.54, 1.807) is 17.8 Å². The Morgan fingerprint density at radius 1 is 1.19 bits per heavy atom. The van der Waals surface area contributed by atoms with Gasteiger partial charge in [0.15, 0.2) is 5.65 Å². The molecular formula is C14H16N6O. The minimum Gasteiger partial charge on any atom is -0.383 e. The number of fused-ring (bicyclic) bond motifs is 1. The monoisotopic (exact) mass is 284 g/mol. The minimum absolute atomic E-state index is 0.619. The molecule has 1 N–H and O–H groups in total. The molecule has 3 rings (SSSR count). The van der Waals surface area contributed by atoms with Crippen LogP contribution in [-0.4, -0.2) is 45.1 Å². The standard InChI is InChI=1S/C14H16N6O/c1-10-3-4-11(16-9-10)14-18-17-13-6-5-12(19-20(13)14)15-7-8-21-2/h3-6,9H,7-8H2,1-2H3,(H,15,19). The molecule has 0 saturated heterocycles. The van der Waals surface area contributed by atoms with Crippen molar-refractivity contribution in [2.24, 2.45) is 0 Å². The zero-order chi connectivity index (χ0) is 14.7. The van der Waals surface area contributed by atoms with Gasteiger partial charge in [-0.05, 0) is 30.7 Å². The zero-order valence-electron chi connectivity index (χ0n) is 11.9. The molecule has 0 saturated carbocycles. The number of hydrogen-bond donors (Lipinski definition) is 1. The van der Waals surface area contributed by atoms with Crippen LogP contribution in [0.2, 0.25) is 0 Å². The van der Waals surface area contributed by atoms with Gasteiger partial charge in [0.25, 0.3) is 0 Å². The van der Waals surface area contributed by atoms with E-state index in [1.165, 1.54) is 0 Å². The second-order valence-corrected chi connectivity index (χ2v) is 4.65. The maximum atomic E-state index is 5.01. The van der Waals surface area contributed by atoms with Crippen LogP contribution < -0.4 is 5.32 Å². The van der Waals surface area contributed by atoms with Gasteiger partial charge < -0.3 is 10.1 Å². The molecule has 0 amide bonds. The average molecular weight is 284 g/mol. The van der Waals surface area contributed by atoms with Gasteiger partial charge in [0.05, 0.1) is 6.61 Å². The number of hydrogen-bond acceptors (Lipinski definition) is 6. The number of anilines is 1. The number of pyridine rings is 1. The van der Waals surface area contributed by atoms with E-state index in [9.17, 15) is 0 Å². The number of nitrogens with one attached hydrogen (secondary N) is 1. The van der Waals surface area contributed by atoms with Gasteiger partial charge in [-0.3, -0.25) is 4.98 Å². The van der Waals surface area contributed by atoms with Crippen LogP contribution in [0.3, 0.4) is 0 Å². The molecule has 3 heterocycles. The average Bonchev–Trinajstić information content (AvgIpc) is 2.92. The van der Waals surface area contributed by atoms with Crippen LogP contribution >= 0.6 is 0 Å². The summed E-state index contributed by atoms with van der Waals surface area (Å²) >= 11 is 0. The fourth-order valence-corrected chi connectivity index (χ4v) is 1.92. The third-order valence-corrected chi connectivity index (χ3v) is 3.02. The Morgan fingerprint density at radius 2 is 2.10 bits per heavy atom. The van der Waals surface area contributed by atoms with Crippen LogP contribution in [0.1, 0.15) is 5.56 Å². The van der Waals surface area contributed by atoms with Crippen molar-refractivity contribution in [2.75, 3.05) is 25.6 Å². The van der Waals surface area contributed by atoms with Crippen LogP contribution in [-0.2, 0) is 4.74 Å². The molecule has 7 heteroatoms. The highest BCUT2D eigenvalue weighted by Crippen LogP contribution is 2.16. The third kappa shape index (κ3) is 2.82. The molecule has 21 heavy (non-hydrogen) atoms. The summed E-state index contributed by atoms with van der Waals surface area (Å²) in [6, 6.07) is 7.64. The van der Waals surface area contributed by atoms with Crippen LogP contribution in [0.4, 0.5) is 5.82 Å². The van der Waals surface area contributed by atoms with Crippen LogP contribution in [0.15, 0.2) is 30.5 Å². The topological polar surface area (TPSA) is 77.2 Å². The Morgan fingerprint density at radius 3 is 2.86 bits per heavy atom. The fourth-order valence-electron chi connectivity index (χ4n) is 1.92. The lowest BCUT2D eigenvalue weighted by Gasteiger charge is -2.05. The molecule has 108 valence electrons. The van der Waals surface area contributed by atoms with Crippen molar-refractivity contribution in [3.63, 3.8) is 0 Å². The van der Waals surface area contributed by atoms with E-state index in [1.807, 2.05) is 31.2 Å². The minimum atomic E-state index is 0.619. The summed E-state index contributed by atoms with van der Waals surface area (Å²) < 4.78 is 6.70. The highest BCUT2D eigenvalue weighted by atomic mass is 16.5. The Kier molecular flexibility index (Phi) is 3.74. The Hall–Kier alpha value is -2.54. The van der Waals surface area contributed by atoms with Gasteiger partial charge in [0.2, 0.25) is 5.82 Å². The second-order valence-electron chi connectivity index (χ2n) is 4.65. The predicted molar refractivity (Wildman–Crippen MR) is 79.1 cm³/mol. The first kappa shape index (κ1) is 13.4. The number of methoxy groups -OCH3 is 1. The number of rotatable bonds is 5. The first-order valence-corrected chi connectivity index (χ1v) is 6.66. The molecule has 0 unspecified atom stereocenters. The molecule has 0 aliphatic rings. The molecule has 3 aromatic heterocycles. The molecule has 7 nitrogen and oxygen atoms in total. The molecule has 0 aliphatic carbocycles.